The number of benzene rings is 2. The Morgan fingerprint density at radius 2 is 1.20 bits per heavy atom. The van der Waals surface area contributed by atoms with Crippen LogP contribution < -0.4 is 11.5 Å². The average Bonchev–Trinajstić information content (AvgIpc) is 3.67. The average molecular weight is 605 g/mol. The second-order valence-corrected chi connectivity index (χ2v) is 12.4. The molecule has 5 aromatic rings. The maximum atomic E-state index is 11.7. The Labute approximate surface area is 246 Å². The second kappa shape index (κ2) is 11.8. The first kappa shape index (κ1) is 28.4. The summed E-state index contributed by atoms with van der Waals surface area (Å²) in [5, 5.41) is 29.0. The Morgan fingerprint density at radius 3 is 1.68 bits per heavy atom. The van der Waals surface area contributed by atoms with Gasteiger partial charge in [0.15, 0.2) is 0 Å². The van der Waals surface area contributed by atoms with Crippen LogP contribution >= 0.6 is 34.0 Å². The van der Waals surface area contributed by atoms with E-state index in [1.807, 2.05) is 36.4 Å². The molecule has 0 aliphatic heterocycles. The highest BCUT2D eigenvalue weighted by Crippen LogP contribution is 2.46. The van der Waals surface area contributed by atoms with Crippen molar-refractivity contribution < 1.29 is 29.7 Å². The monoisotopic (exact) mass is 604 g/mol. The molecule has 11 heteroatoms. The van der Waals surface area contributed by atoms with Crippen molar-refractivity contribution in [2.24, 2.45) is 11.5 Å². The standard InChI is InChI=1S/C30H24N2O6S3/c31-29(37)17-5-1-3-15(9-17)23-11-19(13-25(33)34)27(40-23)21-7-8-22(39-21)28-20(14-26(35)36)12-24(41-28)16-4-2-6-18(10-16)30(32)38/h1-12,29,37H,13-14,31H2,(H2,32,38)(H,33,34)(H,35,36). The molecule has 0 aliphatic rings. The lowest BCUT2D eigenvalue weighted by Crippen LogP contribution is -2.10. The van der Waals surface area contributed by atoms with Crippen molar-refractivity contribution in [3.8, 4) is 40.4 Å². The first-order valence-electron chi connectivity index (χ1n) is 12.3. The topological polar surface area (TPSA) is 164 Å². The second-order valence-electron chi connectivity index (χ2n) is 9.25. The van der Waals surface area contributed by atoms with Gasteiger partial charge >= 0.3 is 11.9 Å². The van der Waals surface area contributed by atoms with Crippen LogP contribution in [0.5, 0.6) is 0 Å². The van der Waals surface area contributed by atoms with E-state index in [4.69, 9.17) is 11.5 Å². The molecule has 0 spiro atoms. The van der Waals surface area contributed by atoms with Crippen molar-refractivity contribution in [3.63, 3.8) is 0 Å². The fraction of sp³-hybridized carbons (Fsp3) is 0.100. The van der Waals surface area contributed by atoms with Gasteiger partial charge in [-0.25, -0.2) is 0 Å². The summed E-state index contributed by atoms with van der Waals surface area (Å²) < 4.78 is 0. The van der Waals surface area contributed by atoms with E-state index in [2.05, 4.69) is 0 Å². The molecule has 41 heavy (non-hydrogen) atoms. The molecule has 3 heterocycles. The van der Waals surface area contributed by atoms with Gasteiger partial charge in [0, 0.05) is 34.8 Å². The van der Waals surface area contributed by atoms with Gasteiger partial charge in [-0.1, -0.05) is 30.3 Å². The maximum Gasteiger partial charge on any atom is 0.307 e. The van der Waals surface area contributed by atoms with Crippen LogP contribution in [-0.2, 0) is 22.4 Å². The van der Waals surface area contributed by atoms with E-state index in [0.717, 1.165) is 40.4 Å². The normalized spacial score (nSPS) is 11.9. The number of thiophene rings is 3. The SMILES string of the molecule is NC(=O)c1cccc(-c2cc(CC(=O)O)c(-c3ccc(-c4sc(-c5cccc(C(N)O)c5)cc4CC(=O)O)s3)s2)c1. The number of carboxylic acids is 2. The molecule has 1 unspecified atom stereocenters. The summed E-state index contributed by atoms with van der Waals surface area (Å²) in [5.74, 6) is -2.46. The van der Waals surface area contributed by atoms with Crippen LogP contribution in [0.1, 0.15) is 33.3 Å². The largest absolute Gasteiger partial charge is 0.481 e. The molecule has 208 valence electrons. The Morgan fingerprint density at radius 1 is 0.683 bits per heavy atom. The van der Waals surface area contributed by atoms with Crippen LogP contribution in [0, 0.1) is 0 Å². The minimum Gasteiger partial charge on any atom is -0.481 e. The lowest BCUT2D eigenvalue weighted by atomic mass is 10.1. The van der Waals surface area contributed by atoms with E-state index in [1.165, 1.54) is 34.0 Å². The van der Waals surface area contributed by atoms with Crippen molar-refractivity contribution in [1.82, 2.24) is 0 Å². The molecule has 8 nitrogen and oxygen atoms in total. The highest BCUT2D eigenvalue weighted by Gasteiger charge is 2.21. The quantitative estimate of drug-likeness (QED) is 0.125. The number of aliphatic hydroxyl groups excluding tert-OH is 1. The van der Waals surface area contributed by atoms with Gasteiger partial charge in [0.1, 0.15) is 6.23 Å². The summed E-state index contributed by atoms with van der Waals surface area (Å²) >= 11 is 4.33. The third-order valence-electron chi connectivity index (χ3n) is 6.30. The molecule has 0 radical (unpaired) electrons. The third-order valence-corrected chi connectivity index (χ3v) is 10.2. The molecule has 7 N–H and O–H groups in total. The fourth-order valence-electron chi connectivity index (χ4n) is 4.43. The number of rotatable bonds is 10. The van der Waals surface area contributed by atoms with Gasteiger partial charge in [-0.3, -0.25) is 14.4 Å². The number of carbonyl (C=O) groups excluding carboxylic acids is 1. The van der Waals surface area contributed by atoms with E-state index < -0.39 is 24.1 Å². The number of nitrogens with two attached hydrogens (primary N) is 2. The van der Waals surface area contributed by atoms with Crippen molar-refractivity contribution in [3.05, 3.63) is 95.1 Å². The highest BCUT2D eigenvalue weighted by molar-refractivity contribution is 7.28. The van der Waals surface area contributed by atoms with Crippen molar-refractivity contribution in [1.29, 1.82) is 0 Å². The van der Waals surface area contributed by atoms with Crippen LogP contribution in [0.2, 0.25) is 0 Å². The molecule has 5 rings (SSSR count). The summed E-state index contributed by atoms with van der Waals surface area (Å²) in [4.78, 5) is 40.0. The van der Waals surface area contributed by atoms with E-state index in [9.17, 15) is 29.7 Å². The summed E-state index contributed by atoms with van der Waals surface area (Å²) in [6.07, 6.45) is -1.46. The molecule has 0 bridgehead atoms. The number of amides is 1. The summed E-state index contributed by atoms with van der Waals surface area (Å²) in [5.41, 5.74) is 14.9. The van der Waals surface area contributed by atoms with Gasteiger partial charge in [0.25, 0.3) is 0 Å². The predicted molar refractivity (Wildman–Crippen MR) is 162 cm³/mol. The number of carbonyl (C=O) groups is 3. The minimum absolute atomic E-state index is 0.165. The molecule has 1 amide bonds. The van der Waals surface area contributed by atoms with Crippen LogP contribution in [0.4, 0.5) is 0 Å². The number of hydrogen-bond donors (Lipinski definition) is 5. The number of aliphatic hydroxyl groups is 1. The van der Waals surface area contributed by atoms with E-state index in [-0.39, 0.29) is 12.8 Å². The van der Waals surface area contributed by atoms with Crippen molar-refractivity contribution >= 4 is 51.9 Å². The van der Waals surface area contributed by atoms with Crippen LogP contribution in [-0.4, -0.2) is 33.2 Å². The maximum absolute atomic E-state index is 11.7. The zero-order chi connectivity index (χ0) is 29.3. The Balaban J connectivity index is 1.56. The Bertz CT molecular complexity index is 1780. The van der Waals surface area contributed by atoms with Gasteiger partial charge < -0.3 is 26.8 Å². The number of primary amides is 1. The minimum atomic E-state index is -1.12. The van der Waals surface area contributed by atoms with Gasteiger partial charge in [-0.15, -0.1) is 34.0 Å². The molecule has 1 atom stereocenters. The first-order valence-corrected chi connectivity index (χ1v) is 14.8. The molecule has 0 saturated carbocycles. The Kier molecular flexibility index (Phi) is 8.15. The molecule has 0 fully saturated rings. The van der Waals surface area contributed by atoms with E-state index in [0.29, 0.717) is 22.3 Å². The van der Waals surface area contributed by atoms with Crippen LogP contribution in [0.25, 0.3) is 40.4 Å². The van der Waals surface area contributed by atoms with Gasteiger partial charge in [-0.05, 0) is 70.3 Å². The van der Waals surface area contributed by atoms with E-state index in [1.54, 1.807) is 36.4 Å². The lowest BCUT2D eigenvalue weighted by Gasteiger charge is -2.06. The smallest absolute Gasteiger partial charge is 0.307 e. The predicted octanol–water partition coefficient (Wildman–Crippen LogP) is 5.84. The molecule has 0 saturated heterocycles. The first-order chi connectivity index (χ1) is 19.6. The summed E-state index contributed by atoms with van der Waals surface area (Å²) in [6.45, 7) is 0. The van der Waals surface area contributed by atoms with Crippen molar-refractivity contribution in [2.75, 3.05) is 0 Å². The van der Waals surface area contributed by atoms with E-state index >= 15 is 0 Å². The van der Waals surface area contributed by atoms with Gasteiger partial charge in [0.2, 0.25) is 5.91 Å². The lowest BCUT2D eigenvalue weighted by molar-refractivity contribution is -0.137. The fourth-order valence-corrected chi connectivity index (χ4v) is 8.08. The molecular formula is C30H24N2O6S3. The molecule has 0 aliphatic carbocycles. The number of hydrogen-bond acceptors (Lipinski definition) is 8. The van der Waals surface area contributed by atoms with Crippen molar-refractivity contribution in [2.45, 2.75) is 19.1 Å². The molecule has 2 aromatic carbocycles. The third kappa shape index (κ3) is 6.29. The summed E-state index contributed by atoms with van der Waals surface area (Å²) in [7, 11) is 0. The summed E-state index contributed by atoms with van der Waals surface area (Å²) in [6, 6.07) is 21.6. The Hall–Kier alpha value is -4.13. The molecule has 3 aromatic heterocycles. The molecular weight excluding hydrogens is 581 g/mol. The van der Waals surface area contributed by atoms with Gasteiger partial charge in [-0.2, -0.15) is 0 Å². The number of carboxylic acid groups (broad SMARTS) is 2. The zero-order valence-electron chi connectivity index (χ0n) is 21.4. The highest BCUT2D eigenvalue weighted by atomic mass is 32.1. The van der Waals surface area contributed by atoms with Crippen LogP contribution in [0.3, 0.4) is 0 Å². The van der Waals surface area contributed by atoms with Crippen LogP contribution in [0.15, 0.2) is 72.8 Å². The zero-order valence-corrected chi connectivity index (χ0v) is 23.8. The number of aliphatic carboxylic acids is 2. The van der Waals surface area contributed by atoms with Gasteiger partial charge in [0.05, 0.1) is 12.8 Å².